The monoisotopic (exact) mass is 445 g/mol. The standard InChI is InChI=1S/C28H24BN3O2/c1-33-26-19-17-25(18-20-26)31-32-27-21-34-29(23-13-7-3-8-14-23,24-15-9-4-10-16-24)30-28(27)22-11-5-2-6-12-22/h2-21,30H,1H3. The maximum absolute atomic E-state index is 6.52. The van der Waals surface area contributed by atoms with Crippen LogP contribution in [-0.4, -0.2) is 19.3 Å². The molecule has 1 aliphatic heterocycles. The lowest BCUT2D eigenvalue weighted by molar-refractivity contribution is -0.321. The topological polar surface area (TPSA) is 57.2 Å². The summed E-state index contributed by atoms with van der Waals surface area (Å²) in [5.74, 6) is 0.774. The first-order valence-corrected chi connectivity index (χ1v) is 11.2. The van der Waals surface area contributed by atoms with Crippen LogP contribution in [0.15, 0.2) is 137 Å². The molecule has 0 spiro atoms. The van der Waals surface area contributed by atoms with Crippen LogP contribution in [-0.2, 0) is 4.65 Å². The van der Waals surface area contributed by atoms with E-state index in [4.69, 9.17) is 9.39 Å². The second-order valence-electron chi connectivity index (χ2n) is 8.03. The molecule has 0 aromatic heterocycles. The summed E-state index contributed by atoms with van der Waals surface area (Å²) >= 11 is 0. The Balaban J connectivity index is 1.62. The van der Waals surface area contributed by atoms with Crippen molar-refractivity contribution in [1.82, 2.24) is 0 Å². The van der Waals surface area contributed by atoms with E-state index in [1.165, 1.54) is 0 Å². The molecule has 0 aliphatic carbocycles. The Morgan fingerprint density at radius 2 is 1.24 bits per heavy atom. The Morgan fingerprint density at radius 1 is 0.676 bits per heavy atom. The summed E-state index contributed by atoms with van der Waals surface area (Å²) in [7, 11) is 1.64. The van der Waals surface area contributed by atoms with Crippen LogP contribution >= 0.6 is 0 Å². The number of allylic oxidation sites excluding steroid dienone is 1. The zero-order valence-corrected chi connectivity index (χ0v) is 18.8. The van der Waals surface area contributed by atoms with Crippen molar-refractivity contribution in [1.29, 1.82) is 0 Å². The summed E-state index contributed by atoms with van der Waals surface area (Å²) in [6, 6.07) is 38.0. The number of rotatable bonds is 6. The van der Waals surface area contributed by atoms with E-state index in [-0.39, 0.29) is 0 Å². The Morgan fingerprint density at radius 3 is 1.79 bits per heavy atom. The van der Waals surface area contributed by atoms with Crippen molar-refractivity contribution in [2.75, 3.05) is 7.11 Å². The molecule has 0 atom stereocenters. The maximum Gasteiger partial charge on any atom is 0.506 e. The zero-order valence-electron chi connectivity index (χ0n) is 18.8. The van der Waals surface area contributed by atoms with Crippen LogP contribution in [0.4, 0.5) is 5.69 Å². The van der Waals surface area contributed by atoms with Crippen LogP contribution in [0, 0.1) is 0 Å². The maximum atomic E-state index is 6.52. The summed E-state index contributed by atoms with van der Waals surface area (Å²) in [6.07, 6.45) is 1.71. The summed E-state index contributed by atoms with van der Waals surface area (Å²) in [5.41, 5.74) is 5.30. The van der Waals surface area contributed by atoms with Crippen LogP contribution in [0.5, 0.6) is 5.75 Å². The molecule has 0 fully saturated rings. The highest BCUT2D eigenvalue weighted by atomic mass is 16.5. The summed E-state index contributed by atoms with van der Waals surface area (Å²) in [6.45, 7) is -1.77. The minimum Gasteiger partial charge on any atom is -0.655 e. The first-order chi connectivity index (χ1) is 16.8. The number of hydrogen-bond acceptors (Lipinski definition) is 4. The lowest BCUT2D eigenvalue weighted by atomic mass is 9.42. The van der Waals surface area contributed by atoms with E-state index in [9.17, 15) is 0 Å². The molecule has 5 nitrogen and oxygen atoms in total. The molecule has 1 aliphatic rings. The van der Waals surface area contributed by atoms with Crippen LogP contribution in [0.2, 0.25) is 0 Å². The second-order valence-corrected chi connectivity index (χ2v) is 8.03. The van der Waals surface area contributed by atoms with Gasteiger partial charge in [0, 0.05) is 5.56 Å². The molecule has 5 rings (SSSR count). The SMILES string of the molecule is COc1ccc(N=NC2=CO[B-](c3ccccc3)(c3ccccc3)[NH+]=C2c2ccccc2)cc1. The van der Waals surface area contributed by atoms with Crippen molar-refractivity contribution in [2.45, 2.75) is 0 Å². The van der Waals surface area contributed by atoms with Crippen molar-refractivity contribution >= 4 is 28.8 Å². The van der Waals surface area contributed by atoms with E-state index in [0.29, 0.717) is 5.70 Å². The van der Waals surface area contributed by atoms with Crippen molar-refractivity contribution < 1.29 is 14.3 Å². The van der Waals surface area contributed by atoms with Gasteiger partial charge in [-0.1, -0.05) is 89.8 Å². The van der Waals surface area contributed by atoms with Gasteiger partial charge in [0.05, 0.1) is 19.1 Å². The number of nitrogens with one attached hydrogen (secondary N) is 1. The van der Waals surface area contributed by atoms with Gasteiger partial charge < -0.3 is 14.3 Å². The van der Waals surface area contributed by atoms with Gasteiger partial charge in [0.1, 0.15) is 5.75 Å². The number of methoxy groups -OCH3 is 1. The zero-order chi connectivity index (χ0) is 23.2. The molecule has 0 amide bonds. The molecule has 34 heavy (non-hydrogen) atoms. The highest BCUT2D eigenvalue weighted by Gasteiger charge is 2.43. The molecule has 0 saturated carbocycles. The first kappa shape index (κ1) is 21.4. The van der Waals surface area contributed by atoms with Gasteiger partial charge in [-0.3, -0.25) is 0 Å². The molecular weight excluding hydrogens is 421 g/mol. The molecule has 6 heteroatoms. The largest absolute Gasteiger partial charge is 0.655 e. The summed E-state index contributed by atoms with van der Waals surface area (Å²) < 4.78 is 11.8. The van der Waals surface area contributed by atoms with E-state index < -0.39 is 6.48 Å². The number of hydrogen-bond donors (Lipinski definition) is 1. The Bertz CT molecular complexity index is 1300. The van der Waals surface area contributed by atoms with E-state index in [2.05, 4.69) is 51.5 Å². The lowest BCUT2D eigenvalue weighted by Crippen LogP contribution is -3.01. The molecule has 4 aromatic carbocycles. The highest BCUT2D eigenvalue weighted by molar-refractivity contribution is 6.91. The molecule has 4 aromatic rings. The molecule has 0 saturated heterocycles. The average molecular weight is 445 g/mol. The van der Waals surface area contributed by atoms with Crippen molar-refractivity contribution in [3.8, 4) is 5.75 Å². The van der Waals surface area contributed by atoms with Gasteiger partial charge in [-0.05, 0) is 36.4 Å². The van der Waals surface area contributed by atoms with E-state index in [0.717, 1.165) is 33.6 Å². The lowest BCUT2D eigenvalue weighted by Gasteiger charge is -2.34. The van der Waals surface area contributed by atoms with Crippen molar-refractivity contribution in [3.63, 3.8) is 0 Å². The predicted octanol–water partition coefficient (Wildman–Crippen LogP) is 3.48. The number of ether oxygens (including phenoxy) is 1. The Kier molecular flexibility index (Phi) is 6.04. The van der Waals surface area contributed by atoms with Crippen LogP contribution in [0.1, 0.15) is 5.56 Å². The third-order valence-corrected chi connectivity index (χ3v) is 5.93. The van der Waals surface area contributed by atoms with Gasteiger partial charge in [0.15, 0.2) is 11.4 Å². The third kappa shape index (κ3) is 4.26. The van der Waals surface area contributed by atoms with Gasteiger partial charge >= 0.3 is 6.48 Å². The molecule has 1 N–H and O–H groups in total. The van der Waals surface area contributed by atoms with Gasteiger partial charge in [-0.25, -0.2) is 0 Å². The first-order valence-electron chi connectivity index (χ1n) is 11.2. The van der Waals surface area contributed by atoms with Gasteiger partial charge in [-0.2, -0.15) is 5.11 Å². The Labute approximate surface area is 199 Å². The quantitative estimate of drug-likeness (QED) is 0.365. The van der Waals surface area contributed by atoms with E-state index >= 15 is 0 Å². The van der Waals surface area contributed by atoms with Crippen molar-refractivity contribution in [2.24, 2.45) is 10.2 Å². The fraction of sp³-hybridized carbons (Fsp3) is 0.0357. The van der Waals surface area contributed by atoms with Gasteiger partial charge in [0.25, 0.3) is 0 Å². The molecular formula is C28H24BN3O2. The number of nitrogens with zero attached hydrogens (tertiary/aromatic N) is 2. The predicted molar refractivity (Wildman–Crippen MR) is 136 cm³/mol. The highest BCUT2D eigenvalue weighted by Crippen LogP contribution is 2.20. The fourth-order valence-electron chi connectivity index (χ4n) is 4.17. The van der Waals surface area contributed by atoms with E-state index in [1.54, 1.807) is 13.4 Å². The van der Waals surface area contributed by atoms with Crippen molar-refractivity contribution in [3.05, 3.63) is 133 Å². The molecule has 0 bridgehead atoms. The Hall–Kier alpha value is -4.45. The summed E-state index contributed by atoms with van der Waals surface area (Å²) in [4.78, 5) is 3.74. The second kappa shape index (κ2) is 9.59. The molecule has 166 valence electrons. The molecule has 0 radical (unpaired) electrons. The van der Waals surface area contributed by atoms with Crippen LogP contribution in [0.25, 0.3) is 0 Å². The summed E-state index contributed by atoms with van der Waals surface area (Å²) in [5, 5.41) is 8.99. The number of azo groups is 1. The van der Waals surface area contributed by atoms with Crippen LogP contribution in [0.3, 0.4) is 0 Å². The normalized spacial score (nSPS) is 14.7. The fourth-order valence-corrected chi connectivity index (χ4v) is 4.17. The van der Waals surface area contributed by atoms with Gasteiger partial charge in [-0.15, -0.1) is 5.11 Å². The third-order valence-electron chi connectivity index (χ3n) is 5.93. The smallest absolute Gasteiger partial charge is 0.506 e. The molecule has 0 unspecified atom stereocenters. The molecule has 1 heterocycles. The minimum atomic E-state index is -1.77. The van der Waals surface area contributed by atoms with Gasteiger partial charge in [0.2, 0.25) is 0 Å². The van der Waals surface area contributed by atoms with Crippen LogP contribution < -0.4 is 20.6 Å². The minimum absolute atomic E-state index is 0.617. The number of benzene rings is 4. The van der Waals surface area contributed by atoms with E-state index in [1.807, 2.05) is 78.9 Å². The average Bonchev–Trinajstić information content (AvgIpc) is 2.93.